The van der Waals surface area contributed by atoms with Crippen LogP contribution in [0.2, 0.25) is 0 Å². The van der Waals surface area contributed by atoms with Gasteiger partial charge >= 0.3 is 23.9 Å². The van der Waals surface area contributed by atoms with Gasteiger partial charge < -0.3 is 39.9 Å². The number of carbonyl (C=O) groups is 7. The van der Waals surface area contributed by atoms with E-state index in [1.54, 1.807) is 31.2 Å². The van der Waals surface area contributed by atoms with Crippen LogP contribution in [0.15, 0.2) is 71.8 Å². The fourth-order valence-corrected chi connectivity index (χ4v) is 8.08. The summed E-state index contributed by atoms with van der Waals surface area (Å²) in [6.07, 6.45) is 4.08. The van der Waals surface area contributed by atoms with Gasteiger partial charge in [-0.3, -0.25) is 28.8 Å². The minimum absolute atomic E-state index is 0.00256. The SMILES string of the molecule is COC(=O)CCC1=C(CC(=O)N[C@@H](Cc2ccccc2)C(=O)NC2CCCCC2)[C@](C)(Cc2[nH]c(C(=O)OCc3ccccc3)c(CC(=O)OC)c2CCC(=O)OC)NC1=O. The van der Waals surface area contributed by atoms with Gasteiger partial charge in [0.1, 0.15) is 18.3 Å². The summed E-state index contributed by atoms with van der Waals surface area (Å²) in [5.41, 5.74) is 1.87. The molecule has 1 fully saturated rings. The van der Waals surface area contributed by atoms with Gasteiger partial charge in [-0.05, 0) is 60.4 Å². The highest BCUT2D eigenvalue weighted by Crippen LogP contribution is 2.37. The van der Waals surface area contributed by atoms with Crippen molar-refractivity contribution in [3.63, 3.8) is 0 Å². The zero-order valence-electron chi connectivity index (χ0n) is 35.3. The monoisotopic (exact) mass is 840 g/mol. The number of hydrogen-bond donors (Lipinski definition) is 4. The molecule has 61 heavy (non-hydrogen) atoms. The molecule has 1 aliphatic heterocycles. The van der Waals surface area contributed by atoms with Gasteiger partial charge in [-0.25, -0.2) is 4.79 Å². The van der Waals surface area contributed by atoms with Crippen molar-refractivity contribution in [2.45, 2.75) is 115 Å². The predicted octanol–water partition coefficient (Wildman–Crippen LogP) is 4.44. The first-order chi connectivity index (χ1) is 29.3. The third-order valence-corrected chi connectivity index (χ3v) is 11.3. The third-order valence-electron chi connectivity index (χ3n) is 11.3. The fourth-order valence-electron chi connectivity index (χ4n) is 8.08. The molecule has 15 nitrogen and oxygen atoms in total. The number of hydrogen-bond acceptors (Lipinski definition) is 11. The average molecular weight is 841 g/mol. The van der Waals surface area contributed by atoms with Crippen molar-refractivity contribution < 1.29 is 52.5 Å². The summed E-state index contributed by atoms with van der Waals surface area (Å²) in [5, 5.41) is 9.09. The van der Waals surface area contributed by atoms with Crippen LogP contribution in [0.1, 0.15) is 103 Å². The van der Waals surface area contributed by atoms with E-state index in [1.807, 2.05) is 36.4 Å². The van der Waals surface area contributed by atoms with Crippen molar-refractivity contribution >= 4 is 41.6 Å². The van der Waals surface area contributed by atoms with E-state index >= 15 is 0 Å². The molecular weight excluding hydrogens is 785 g/mol. The van der Waals surface area contributed by atoms with Crippen LogP contribution in [-0.4, -0.2) is 85.5 Å². The van der Waals surface area contributed by atoms with Crippen molar-refractivity contribution in [1.82, 2.24) is 20.9 Å². The van der Waals surface area contributed by atoms with Crippen LogP contribution in [-0.2, 0) is 80.0 Å². The van der Waals surface area contributed by atoms with Gasteiger partial charge in [0.05, 0.1) is 39.7 Å². The average Bonchev–Trinajstić information content (AvgIpc) is 3.71. The predicted molar refractivity (Wildman–Crippen MR) is 223 cm³/mol. The molecule has 0 spiro atoms. The number of amides is 3. The lowest BCUT2D eigenvalue weighted by Gasteiger charge is -2.30. The van der Waals surface area contributed by atoms with Crippen LogP contribution < -0.4 is 16.0 Å². The van der Waals surface area contributed by atoms with E-state index in [-0.39, 0.29) is 86.8 Å². The lowest BCUT2D eigenvalue weighted by molar-refractivity contribution is -0.141. The number of carbonyl (C=O) groups excluding carboxylic acids is 7. The number of esters is 4. The van der Waals surface area contributed by atoms with E-state index in [2.05, 4.69) is 20.9 Å². The highest BCUT2D eigenvalue weighted by atomic mass is 16.5. The molecule has 1 saturated carbocycles. The van der Waals surface area contributed by atoms with E-state index in [0.717, 1.165) is 43.2 Å². The van der Waals surface area contributed by atoms with E-state index in [4.69, 9.17) is 18.9 Å². The first-order valence-corrected chi connectivity index (χ1v) is 20.7. The largest absolute Gasteiger partial charge is 0.469 e. The van der Waals surface area contributed by atoms with Crippen molar-refractivity contribution in [2.75, 3.05) is 21.3 Å². The Morgan fingerprint density at radius 3 is 2.00 bits per heavy atom. The zero-order chi connectivity index (χ0) is 43.9. The second-order valence-electron chi connectivity index (χ2n) is 15.7. The maximum absolute atomic E-state index is 14.2. The molecule has 2 heterocycles. The maximum Gasteiger partial charge on any atom is 0.355 e. The fraction of sp³-hybridized carbons (Fsp3) is 0.457. The highest BCUT2D eigenvalue weighted by Gasteiger charge is 2.43. The van der Waals surface area contributed by atoms with Crippen LogP contribution in [0, 0.1) is 0 Å². The number of aromatic amines is 1. The van der Waals surface area contributed by atoms with Crippen molar-refractivity contribution in [2.24, 2.45) is 0 Å². The van der Waals surface area contributed by atoms with Crippen LogP contribution in [0.5, 0.6) is 0 Å². The van der Waals surface area contributed by atoms with E-state index in [0.29, 0.717) is 16.8 Å². The lowest BCUT2D eigenvalue weighted by atomic mass is 9.83. The number of ether oxygens (including phenoxy) is 4. The van der Waals surface area contributed by atoms with Gasteiger partial charge in [-0.1, -0.05) is 79.9 Å². The van der Waals surface area contributed by atoms with E-state index in [9.17, 15) is 33.6 Å². The molecule has 5 rings (SSSR count). The maximum atomic E-state index is 14.2. The molecule has 0 saturated heterocycles. The molecule has 3 aromatic rings. The van der Waals surface area contributed by atoms with Gasteiger partial charge in [-0.2, -0.15) is 0 Å². The Hall–Kier alpha value is -6.25. The standard InChI is InChI=1S/C46H56N4O11/c1-46(27-37-32(20-22-39(52)58-2)34(25-41(54)60-4)42(49-37)45(57)61-28-30-16-10-6-11-17-30)35(33(43(55)50-46)21-23-40(53)59-3)26-38(51)48-36(24-29-14-8-5-9-15-29)44(56)47-31-18-12-7-13-19-31/h5-6,8-11,14-17,31,36,49H,7,12-13,18-28H2,1-4H3,(H,47,56)(H,48,51)(H,50,55)/t36-,46-/m0/s1. The zero-order valence-corrected chi connectivity index (χ0v) is 35.3. The molecule has 1 aliphatic carbocycles. The number of H-pyrrole nitrogens is 1. The number of benzene rings is 2. The molecule has 4 N–H and O–H groups in total. The van der Waals surface area contributed by atoms with Crippen molar-refractivity contribution in [1.29, 1.82) is 0 Å². The molecule has 3 amide bonds. The Bertz CT molecular complexity index is 2090. The number of rotatable bonds is 20. The Kier molecular flexibility index (Phi) is 16.4. The van der Waals surface area contributed by atoms with Gasteiger partial charge in [0.25, 0.3) is 0 Å². The molecule has 2 aromatic carbocycles. The number of methoxy groups -OCH3 is 3. The first-order valence-electron chi connectivity index (χ1n) is 20.7. The summed E-state index contributed by atoms with van der Waals surface area (Å²) in [6.45, 7) is 1.65. The normalized spacial score (nSPS) is 16.9. The van der Waals surface area contributed by atoms with Gasteiger partial charge in [0.15, 0.2) is 0 Å². The molecule has 0 unspecified atom stereocenters. The van der Waals surface area contributed by atoms with Gasteiger partial charge in [0, 0.05) is 43.0 Å². The Balaban J connectivity index is 1.51. The minimum Gasteiger partial charge on any atom is -0.469 e. The quantitative estimate of drug-likeness (QED) is 0.0924. The summed E-state index contributed by atoms with van der Waals surface area (Å²) in [4.78, 5) is 96.5. The summed E-state index contributed by atoms with van der Waals surface area (Å²) >= 11 is 0. The Morgan fingerprint density at radius 1 is 0.770 bits per heavy atom. The molecule has 15 heteroatoms. The molecule has 1 aromatic heterocycles. The summed E-state index contributed by atoms with van der Waals surface area (Å²) < 4.78 is 20.4. The van der Waals surface area contributed by atoms with Crippen LogP contribution in [0.25, 0.3) is 0 Å². The molecule has 0 bridgehead atoms. The van der Waals surface area contributed by atoms with Crippen LogP contribution >= 0.6 is 0 Å². The molecule has 2 atom stereocenters. The van der Waals surface area contributed by atoms with Crippen molar-refractivity contribution in [3.8, 4) is 0 Å². The topological polar surface area (TPSA) is 208 Å². The van der Waals surface area contributed by atoms with E-state index < -0.39 is 47.3 Å². The minimum atomic E-state index is -1.31. The Labute approximate surface area is 355 Å². The number of nitrogens with one attached hydrogen (secondary N) is 4. The summed E-state index contributed by atoms with van der Waals surface area (Å²) in [6, 6.07) is 17.5. The first kappa shape index (κ1) is 45.8. The summed E-state index contributed by atoms with van der Waals surface area (Å²) in [5.74, 6) is -3.85. The molecule has 0 radical (unpaired) electrons. The van der Waals surface area contributed by atoms with Crippen molar-refractivity contribution in [3.05, 3.63) is 105 Å². The Morgan fingerprint density at radius 2 is 1.38 bits per heavy atom. The lowest BCUT2D eigenvalue weighted by Crippen LogP contribution is -2.51. The van der Waals surface area contributed by atoms with Crippen LogP contribution in [0.3, 0.4) is 0 Å². The smallest absolute Gasteiger partial charge is 0.355 e. The second kappa shape index (κ2) is 21.8. The van der Waals surface area contributed by atoms with Crippen LogP contribution in [0.4, 0.5) is 0 Å². The molecule has 326 valence electrons. The van der Waals surface area contributed by atoms with E-state index in [1.165, 1.54) is 21.3 Å². The molecule has 2 aliphatic rings. The second-order valence-corrected chi connectivity index (χ2v) is 15.7. The summed E-state index contributed by atoms with van der Waals surface area (Å²) in [7, 11) is 3.71. The third kappa shape index (κ3) is 12.6. The van der Waals surface area contributed by atoms with Gasteiger partial charge in [-0.15, -0.1) is 0 Å². The van der Waals surface area contributed by atoms with Gasteiger partial charge in [0.2, 0.25) is 17.7 Å². The number of aromatic nitrogens is 1. The highest BCUT2D eigenvalue weighted by molar-refractivity contribution is 6.01. The molecular formula is C46H56N4O11.